The van der Waals surface area contributed by atoms with Gasteiger partial charge in [-0.2, -0.15) is 5.26 Å². The molecule has 0 amide bonds. The number of nitrogens with one attached hydrogen (secondary N) is 1. The molecule has 0 bridgehead atoms. The Bertz CT molecular complexity index is 578. The van der Waals surface area contributed by atoms with Crippen molar-refractivity contribution in [3.8, 4) is 17.6 Å². The highest BCUT2D eigenvalue weighted by Gasteiger charge is 2.20. The second-order valence-electron chi connectivity index (χ2n) is 4.70. The van der Waals surface area contributed by atoms with E-state index in [2.05, 4.69) is 11.4 Å². The Morgan fingerprint density at radius 3 is 2.50 bits per heavy atom. The number of methoxy groups -OCH3 is 2. The van der Waals surface area contributed by atoms with Gasteiger partial charge < -0.3 is 24.3 Å². The molecule has 118 valence electrons. The Labute approximate surface area is 130 Å². The second kappa shape index (κ2) is 8.27. The lowest BCUT2D eigenvalue weighted by Gasteiger charge is -2.21. The summed E-state index contributed by atoms with van der Waals surface area (Å²) in [6.07, 6.45) is 2.23. The molecule has 1 N–H and O–H groups in total. The van der Waals surface area contributed by atoms with Crippen molar-refractivity contribution in [2.45, 2.75) is 6.42 Å². The number of allylic oxidation sites excluding steroid dienone is 1. The molecule has 22 heavy (non-hydrogen) atoms. The highest BCUT2D eigenvalue weighted by molar-refractivity contribution is 5.68. The fraction of sp³-hybridized carbons (Fsp3) is 0.438. The summed E-state index contributed by atoms with van der Waals surface area (Å²) < 4.78 is 21.6. The topological polar surface area (TPSA) is 72.7 Å². The first-order valence-electron chi connectivity index (χ1n) is 7.05. The number of nitrogens with zero attached hydrogens (tertiary/aromatic N) is 1. The molecule has 0 saturated carbocycles. The summed E-state index contributed by atoms with van der Waals surface area (Å²) >= 11 is 0. The normalized spacial score (nSPS) is 12.7. The molecule has 0 radical (unpaired) electrons. The summed E-state index contributed by atoms with van der Waals surface area (Å²) in [5.74, 6) is 1.30. The molecule has 0 unspecified atom stereocenters. The van der Waals surface area contributed by atoms with Gasteiger partial charge in [-0.25, -0.2) is 0 Å². The summed E-state index contributed by atoms with van der Waals surface area (Å²) in [5.41, 5.74) is 2.49. The fourth-order valence-corrected chi connectivity index (χ4v) is 2.13. The molecule has 0 atom stereocenters. The molecular formula is C16H20N2O4. The number of nitriles is 1. The minimum atomic E-state index is 0.416. The first-order valence-corrected chi connectivity index (χ1v) is 7.05. The van der Waals surface area contributed by atoms with Crippen molar-refractivity contribution in [1.82, 2.24) is 0 Å². The number of hydrogen-bond acceptors (Lipinski definition) is 6. The molecule has 0 saturated heterocycles. The Balaban J connectivity index is 2.25. The highest BCUT2D eigenvalue weighted by Crippen LogP contribution is 2.39. The van der Waals surface area contributed by atoms with E-state index in [0.29, 0.717) is 49.9 Å². The minimum absolute atomic E-state index is 0.416. The van der Waals surface area contributed by atoms with Gasteiger partial charge in [-0.1, -0.05) is 0 Å². The average molecular weight is 304 g/mol. The third kappa shape index (κ3) is 3.91. The lowest BCUT2D eigenvalue weighted by atomic mass is 10.00. The quantitative estimate of drug-likeness (QED) is 0.742. The summed E-state index contributed by atoms with van der Waals surface area (Å²) in [5, 5.41) is 12.2. The van der Waals surface area contributed by atoms with E-state index in [9.17, 15) is 0 Å². The minimum Gasteiger partial charge on any atom is -0.487 e. The largest absolute Gasteiger partial charge is 0.487 e. The Morgan fingerprint density at radius 1 is 1.09 bits per heavy atom. The zero-order chi connectivity index (χ0) is 15.8. The van der Waals surface area contributed by atoms with E-state index < -0.39 is 0 Å². The van der Waals surface area contributed by atoms with Crippen LogP contribution in [0.5, 0.6) is 11.5 Å². The van der Waals surface area contributed by atoms with E-state index in [0.717, 1.165) is 11.3 Å². The lowest BCUT2D eigenvalue weighted by molar-refractivity contribution is 0.132. The van der Waals surface area contributed by atoms with Crippen molar-refractivity contribution < 1.29 is 18.9 Å². The van der Waals surface area contributed by atoms with Gasteiger partial charge in [0.05, 0.1) is 24.9 Å². The lowest BCUT2D eigenvalue weighted by Crippen LogP contribution is -2.13. The van der Waals surface area contributed by atoms with Crippen LogP contribution in [0.4, 0.5) is 5.69 Å². The monoisotopic (exact) mass is 304 g/mol. The Hall–Kier alpha value is -2.23. The van der Waals surface area contributed by atoms with Gasteiger partial charge in [0.25, 0.3) is 0 Å². The van der Waals surface area contributed by atoms with Crippen LogP contribution in [0.3, 0.4) is 0 Å². The summed E-state index contributed by atoms with van der Waals surface area (Å²) in [6, 6.07) is 5.95. The van der Waals surface area contributed by atoms with Gasteiger partial charge in [-0.15, -0.1) is 0 Å². The third-order valence-corrected chi connectivity index (χ3v) is 3.22. The number of benzene rings is 1. The van der Waals surface area contributed by atoms with Crippen molar-refractivity contribution in [3.05, 3.63) is 29.5 Å². The molecule has 6 nitrogen and oxygen atoms in total. The van der Waals surface area contributed by atoms with Crippen molar-refractivity contribution in [2.24, 2.45) is 0 Å². The first-order chi connectivity index (χ1) is 10.8. The maximum atomic E-state index is 9.10. The molecule has 1 aromatic rings. The predicted octanol–water partition coefficient (Wildman–Crippen LogP) is 2.11. The highest BCUT2D eigenvalue weighted by atomic mass is 16.5. The molecule has 1 heterocycles. The molecule has 1 aliphatic heterocycles. The predicted molar refractivity (Wildman–Crippen MR) is 82.2 cm³/mol. The Kier molecular flexibility index (Phi) is 6.07. The van der Waals surface area contributed by atoms with E-state index in [1.165, 1.54) is 0 Å². The van der Waals surface area contributed by atoms with E-state index in [4.69, 9.17) is 24.2 Å². The van der Waals surface area contributed by atoms with Crippen molar-refractivity contribution >= 4 is 5.69 Å². The van der Waals surface area contributed by atoms with Gasteiger partial charge in [0.15, 0.2) is 11.5 Å². The van der Waals surface area contributed by atoms with Crippen LogP contribution in [0.15, 0.2) is 23.9 Å². The van der Waals surface area contributed by atoms with Crippen LogP contribution in [-0.2, 0) is 15.9 Å². The number of anilines is 1. The molecule has 0 spiro atoms. The van der Waals surface area contributed by atoms with E-state index >= 15 is 0 Å². The van der Waals surface area contributed by atoms with Gasteiger partial charge in [-0.05, 0) is 12.1 Å². The van der Waals surface area contributed by atoms with Crippen LogP contribution in [0.25, 0.3) is 0 Å². The van der Waals surface area contributed by atoms with Crippen LogP contribution < -0.4 is 14.8 Å². The standard InChI is InChI=1S/C16H20N2O4/c1-19-5-7-21-15-4-3-14-13(9-12(10-17)11-18-14)16(15)22-8-6-20-2/h3-4,11,18H,5-9H2,1-2H3. The van der Waals surface area contributed by atoms with Gasteiger partial charge in [0, 0.05) is 38.1 Å². The Morgan fingerprint density at radius 2 is 1.82 bits per heavy atom. The number of fused-ring (bicyclic) bond motifs is 1. The molecule has 0 fully saturated rings. The van der Waals surface area contributed by atoms with Crippen molar-refractivity contribution in [3.63, 3.8) is 0 Å². The van der Waals surface area contributed by atoms with Gasteiger partial charge in [0.1, 0.15) is 13.2 Å². The maximum absolute atomic E-state index is 9.10. The number of hydrogen-bond donors (Lipinski definition) is 1. The van der Waals surface area contributed by atoms with Crippen molar-refractivity contribution in [1.29, 1.82) is 5.26 Å². The molecule has 2 rings (SSSR count). The van der Waals surface area contributed by atoms with E-state index in [1.54, 1.807) is 20.4 Å². The van der Waals surface area contributed by atoms with Crippen LogP contribution in [0.2, 0.25) is 0 Å². The molecule has 1 aliphatic rings. The van der Waals surface area contributed by atoms with Crippen LogP contribution in [0, 0.1) is 11.3 Å². The average Bonchev–Trinajstić information content (AvgIpc) is 2.56. The summed E-state index contributed by atoms with van der Waals surface area (Å²) in [6.45, 7) is 1.83. The fourth-order valence-electron chi connectivity index (χ4n) is 2.13. The van der Waals surface area contributed by atoms with Gasteiger partial charge in [0.2, 0.25) is 0 Å². The van der Waals surface area contributed by atoms with Gasteiger partial charge in [-0.3, -0.25) is 0 Å². The maximum Gasteiger partial charge on any atom is 0.166 e. The van der Waals surface area contributed by atoms with Crippen molar-refractivity contribution in [2.75, 3.05) is 46.0 Å². The summed E-state index contributed by atoms with van der Waals surface area (Å²) in [7, 11) is 3.25. The smallest absolute Gasteiger partial charge is 0.166 e. The molecule has 6 heteroatoms. The number of ether oxygens (including phenoxy) is 4. The van der Waals surface area contributed by atoms with Crippen LogP contribution in [-0.4, -0.2) is 40.6 Å². The molecular weight excluding hydrogens is 284 g/mol. The molecule has 0 aliphatic carbocycles. The van der Waals surface area contributed by atoms with Crippen LogP contribution in [0.1, 0.15) is 5.56 Å². The van der Waals surface area contributed by atoms with E-state index in [1.807, 2.05) is 12.1 Å². The second-order valence-corrected chi connectivity index (χ2v) is 4.70. The molecule has 0 aromatic heterocycles. The zero-order valence-corrected chi connectivity index (χ0v) is 12.8. The molecule has 1 aromatic carbocycles. The third-order valence-electron chi connectivity index (χ3n) is 3.22. The zero-order valence-electron chi connectivity index (χ0n) is 12.8. The number of rotatable bonds is 8. The van der Waals surface area contributed by atoms with Crippen LogP contribution >= 0.6 is 0 Å². The van der Waals surface area contributed by atoms with E-state index in [-0.39, 0.29) is 0 Å². The first kappa shape index (κ1) is 16.1. The summed E-state index contributed by atoms with van der Waals surface area (Å²) in [4.78, 5) is 0. The SMILES string of the molecule is COCCOc1ccc2c(c1OCCOC)CC(C#N)=CN2. The van der Waals surface area contributed by atoms with Gasteiger partial charge >= 0.3 is 0 Å².